The Bertz CT molecular complexity index is 449. The normalized spacial score (nSPS) is 15.2. The molecule has 2 N–H and O–H groups in total. The van der Waals surface area contributed by atoms with Crippen LogP contribution >= 0.6 is 0 Å². The van der Waals surface area contributed by atoms with Gasteiger partial charge in [0, 0.05) is 12.6 Å². The average molecular weight is 254 g/mol. The minimum atomic E-state index is -1.21. The molecule has 0 spiro atoms. The topological polar surface area (TPSA) is 73.7 Å². The summed E-state index contributed by atoms with van der Waals surface area (Å²) < 4.78 is 13.1. The fraction of sp³-hybridized carbons (Fsp3) is 0.500. The molecule has 1 aromatic rings. The molecule has 1 saturated carbocycles. The number of hydrogen-bond donors (Lipinski definition) is 2. The van der Waals surface area contributed by atoms with Crippen molar-refractivity contribution in [2.75, 3.05) is 18.1 Å². The number of aliphatic hydroxyl groups is 1. The lowest BCUT2D eigenvalue weighted by Crippen LogP contribution is -2.43. The van der Waals surface area contributed by atoms with Gasteiger partial charge in [0.1, 0.15) is 17.2 Å². The zero-order chi connectivity index (χ0) is 13.1. The number of nitrogens with zero attached hydrogens (tertiary/aromatic N) is 2. The van der Waals surface area contributed by atoms with E-state index in [0.29, 0.717) is 6.54 Å². The number of aliphatic hydroxyl groups excluding tert-OH is 1. The molecule has 2 rings (SSSR count). The number of carboxylic acids is 1. The molecule has 98 valence electrons. The number of carboxylic acid groups (broad SMARTS) is 1. The molecule has 0 bridgehead atoms. The summed E-state index contributed by atoms with van der Waals surface area (Å²) in [6.45, 7) is 0.220. The van der Waals surface area contributed by atoms with Gasteiger partial charge in [-0.05, 0) is 25.3 Å². The predicted molar refractivity (Wildman–Crippen MR) is 63.2 cm³/mol. The Morgan fingerprint density at radius 3 is 2.78 bits per heavy atom. The Morgan fingerprint density at radius 2 is 2.28 bits per heavy atom. The summed E-state index contributed by atoms with van der Waals surface area (Å²) in [5.41, 5.74) is -0.157. The number of pyridine rings is 1. The lowest BCUT2D eigenvalue weighted by molar-refractivity contribution is 0.0696. The van der Waals surface area contributed by atoms with Crippen LogP contribution in [-0.2, 0) is 0 Å². The summed E-state index contributed by atoms with van der Waals surface area (Å²) in [4.78, 5) is 16.8. The van der Waals surface area contributed by atoms with Crippen molar-refractivity contribution in [3.8, 4) is 0 Å². The number of carbonyl (C=O) groups is 1. The largest absolute Gasteiger partial charge is 0.478 e. The van der Waals surface area contributed by atoms with Crippen molar-refractivity contribution >= 4 is 11.8 Å². The Kier molecular flexibility index (Phi) is 3.76. The molecule has 5 nitrogen and oxygen atoms in total. The first-order valence-electron chi connectivity index (χ1n) is 5.90. The van der Waals surface area contributed by atoms with Crippen LogP contribution in [0, 0.1) is 5.82 Å². The quantitative estimate of drug-likeness (QED) is 0.827. The second kappa shape index (κ2) is 5.30. The van der Waals surface area contributed by atoms with E-state index in [4.69, 9.17) is 10.2 Å². The minimum Gasteiger partial charge on any atom is -0.478 e. The number of halogens is 1. The molecule has 0 unspecified atom stereocenters. The number of aromatic carboxylic acids is 1. The molecule has 1 aromatic heterocycles. The van der Waals surface area contributed by atoms with E-state index in [1.54, 1.807) is 4.90 Å². The first-order chi connectivity index (χ1) is 8.63. The molecule has 1 fully saturated rings. The van der Waals surface area contributed by atoms with Crippen LogP contribution in [0.3, 0.4) is 0 Å². The Hall–Kier alpha value is -1.69. The molecule has 0 saturated heterocycles. The van der Waals surface area contributed by atoms with Crippen molar-refractivity contribution in [2.24, 2.45) is 0 Å². The SMILES string of the molecule is O=C(O)c1cc(F)cnc1N(CCO)C1CCC1. The van der Waals surface area contributed by atoms with Gasteiger partial charge in [0.05, 0.1) is 12.8 Å². The maximum absolute atomic E-state index is 13.1. The van der Waals surface area contributed by atoms with Crippen LogP contribution in [0.25, 0.3) is 0 Å². The minimum absolute atomic E-state index is 0.0887. The molecule has 0 aliphatic heterocycles. The van der Waals surface area contributed by atoms with E-state index < -0.39 is 11.8 Å². The molecule has 1 aliphatic carbocycles. The summed E-state index contributed by atoms with van der Waals surface area (Å²) in [5.74, 6) is -1.64. The van der Waals surface area contributed by atoms with Crippen LogP contribution in [0.4, 0.5) is 10.2 Å². The molecule has 1 aliphatic rings. The highest BCUT2D eigenvalue weighted by Gasteiger charge is 2.28. The predicted octanol–water partition coefficient (Wildman–Crippen LogP) is 1.27. The summed E-state index contributed by atoms with van der Waals surface area (Å²) in [7, 11) is 0. The van der Waals surface area contributed by atoms with Gasteiger partial charge in [0.25, 0.3) is 0 Å². The number of hydrogen-bond acceptors (Lipinski definition) is 4. The Labute approximate surface area is 104 Å². The maximum Gasteiger partial charge on any atom is 0.339 e. The van der Waals surface area contributed by atoms with Crippen LogP contribution in [0.15, 0.2) is 12.3 Å². The van der Waals surface area contributed by atoms with Crippen molar-refractivity contribution in [1.82, 2.24) is 4.98 Å². The van der Waals surface area contributed by atoms with Crippen LogP contribution < -0.4 is 4.90 Å². The summed E-state index contributed by atoms with van der Waals surface area (Å²) in [6, 6.07) is 1.15. The zero-order valence-corrected chi connectivity index (χ0v) is 9.84. The van der Waals surface area contributed by atoms with E-state index in [0.717, 1.165) is 31.5 Å². The summed E-state index contributed by atoms with van der Waals surface area (Å²) >= 11 is 0. The van der Waals surface area contributed by atoms with Crippen molar-refractivity contribution in [1.29, 1.82) is 0 Å². The standard InChI is InChI=1S/C12H15FN2O3/c13-8-6-10(12(17)18)11(14-7-8)15(4-5-16)9-2-1-3-9/h6-7,9,16H,1-5H2,(H,17,18). The van der Waals surface area contributed by atoms with Crippen molar-refractivity contribution < 1.29 is 19.4 Å². The van der Waals surface area contributed by atoms with Crippen LogP contribution in [0.1, 0.15) is 29.6 Å². The molecule has 1 heterocycles. The van der Waals surface area contributed by atoms with Crippen molar-refractivity contribution in [2.45, 2.75) is 25.3 Å². The van der Waals surface area contributed by atoms with Gasteiger partial charge in [0.15, 0.2) is 0 Å². The second-order valence-corrected chi connectivity index (χ2v) is 4.33. The van der Waals surface area contributed by atoms with Crippen LogP contribution in [-0.4, -0.2) is 40.4 Å². The number of aromatic nitrogens is 1. The van der Waals surface area contributed by atoms with Crippen molar-refractivity contribution in [3.05, 3.63) is 23.6 Å². The van der Waals surface area contributed by atoms with Crippen LogP contribution in [0.2, 0.25) is 0 Å². The highest BCUT2D eigenvalue weighted by Crippen LogP contribution is 2.30. The van der Waals surface area contributed by atoms with E-state index in [-0.39, 0.29) is 24.0 Å². The van der Waals surface area contributed by atoms with E-state index in [1.807, 2.05) is 0 Å². The van der Waals surface area contributed by atoms with Gasteiger partial charge in [-0.3, -0.25) is 0 Å². The third-order valence-corrected chi connectivity index (χ3v) is 3.19. The lowest BCUT2D eigenvalue weighted by Gasteiger charge is -2.38. The van der Waals surface area contributed by atoms with Gasteiger partial charge in [0.2, 0.25) is 0 Å². The molecular formula is C12H15FN2O3. The molecule has 0 radical (unpaired) electrons. The van der Waals surface area contributed by atoms with Crippen molar-refractivity contribution in [3.63, 3.8) is 0 Å². The average Bonchev–Trinajstić information content (AvgIpc) is 2.26. The van der Waals surface area contributed by atoms with Gasteiger partial charge in [-0.25, -0.2) is 14.2 Å². The van der Waals surface area contributed by atoms with Gasteiger partial charge < -0.3 is 15.1 Å². The maximum atomic E-state index is 13.1. The Balaban J connectivity index is 2.36. The smallest absolute Gasteiger partial charge is 0.339 e. The van der Waals surface area contributed by atoms with Gasteiger partial charge in [-0.1, -0.05) is 0 Å². The van der Waals surface area contributed by atoms with Gasteiger partial charge in [-0.15, -0.1) is 0 Å². The Morgan fingerprint density at radius 1 is 1.56 bits per heavy atom. The molecule has 0 aromatic carbocycles. The summed E-state index contributed by atoms with van der Waals surface area (Å²) in [6.07, 6.45) is 3.97. The van der Waals surface area contributed by atoms with Gasteiger partial charge in [-0.2, -0.15) is 0 Å². The molecule has 0 amide bonds. The first-order valence-corrected chi connectivity index (χ1v) is 5.90. The lowest BCUT2D eigenvalue weighted by atomic mass is 9.91. The van der Waals surface area contributed by atoms with Crippen LogP contribution in [0.5, 0.6) is 0 Å². The fourth-order valence-electron chi connectivity index (χ4n) is 2.09. The molecule has 18 heavy (non-hydrogen) atoms. The van der Waals surface area contributed by atoms with E-state index in [2.05, 4.69) is 4.98 Å². The number of rotatable bonds is 5. The van der Waals surface area contributed by atoms with Gasteiger partial charge >= 0.3 is 5.97 Å². The second-order valence-electron chi connectivity index (χ2n) is 4.33. The monoisotopic (exact) mass is 254 g/mol. The van der Waals surface area contributed by atoms with E-state index in [1.165, 1.54) is 0 Å². The number of anilines is 1. The molecular weight excluding hydrogens is 239 g/mol. The first kappa shape index (κ1) is 12.8. The molecule has 0 atom stereocenters. The summed E-state index contributed by atoms with van der Waals surface area (Å²) in [5, 5.41) is 18.1. The van der Waals surface area contributed by atoms with E-state index in [9.17, 15) is 9.18 Å². The highest BCUT2D eigenvalue weighted by molar-refractivity contribution is 5.93. The molecule has 6 heteroatoms. The third kappa shape index (κ3) is 2.43. The third-order valence-electron chi connectivity index (χ3n) is 3.19. The highest BCUT2D eigenvalue weighted by atomic mass is 19.1. The fourth-order valence-corrected chi connectivity index (χ4v) is 2.09. The zero-order valence-electron chi connectivity index (χ0n) is 9.84. The van der Waals surface area contributed by atoms with E-state index >= 15 is 0 Å².